The Hall–Kier alpha value is -2.88. The van der Waals surface area contributed by atoms with Crippen molar-refractivity contribution in [1.29, 1.82) is 0 Å². The molecule has 2 aromatic carbocycles. The minimum Gasteiger partial charge on any atom is -0.300 e. The summed E-state index contributed by atoms with van der Waals surface area (Å²) < 4.78 is 0. The molecule has 0 aliphatic rings. The lowest BCUT2D eigenvalue weighted by atomic mass is 10.1. The first-order chi connectivity index (χ1) is 12.4. The summed E-state index contributed by atoms with van der Waals surface area (Å²) in [5.74, 6) is -0.669. The van der Waals surface area contributed by atoms with Crippen LogP contribution >= 0.6 is 0 Å². The van der Waals surface area contributed by atoms with Gasteiger partial charge in [0.05, 0.1) is 6.42 Å². The van der Waals surface area contributed by atoms with Gasteiger partial charge in [-0.15, -0.1) is 0 Å². The number of benzene rings is 2. The van der Waals surface area contributed by atoms with E-state index in [1.807, 2.05) is 60.7 Å². The molecule has 0 amide bonds. The van der Waals surface area contributed by atoms with Gasteiger partial charge in [0.1, 0.15) is 11.6 Å². The molecule has 0 aliphatic heterocycles. The van der Waals surface area contributed by atoms with Crippen LogP contribution in [0.1, 0.15) is 37.8 Å². The number of carbonyl (C=O) groups excluding carboxylic acids is 4. The fourth-order valence-corrected chi connectivity index (χ4v) is 2.24. The molecule has 0 heterocycles. The largest absolute Gasteiger partial charge is 0.300 e. The van der Waals surface area contributed by atoms with Gasteiger partial charge in [-0.3, -0.25) is 19.2 Å². The van der Waals surface area contributed by atoms with E-state index >= 15 is 0 Å². The van der Waals surface area contributed by atoms with Crippen LogP contribution in [0.25, 0.3) is 0 Å². The van der Waals surface area contributed by atoms with Crippen LogP contribution in [0.3, 0.4) is 0 Å². The molecule has 0 unspecified atom stereocenters. The molecule has 0 aromatic heterocycles. The molecular formula is C22H24O4. The lowest BCUT2D eigenvalue weighted by molar-refractivity contribution is -0.136. The van der Waals surface area contributed by atoms with Gasteiger partial charge in [0.25, 0.3) is 0 Å². The molecule has 0 saturated carbocycles. The predicted octanol–water partition coefficient (Wildman–Crippen LogP) is 3.55. The van der Waals surface area contributed by atoms with E-state index in [0.717, 1.165) is 11.1 Å². The van der Waals surface area contributed by atoms with Gasteiger partial charge in [-0.25, -0.2) is 0 Å². The number of hydrogen-bond acceptors (Lipinski definition) is 4. The summed E-state index contributed by atoms with van der Waals surface area (Å²) in [6, 6.07) is 18.7. The summed E-state index contributed by atoms with van der Waals surface area (Å²) in [6.07, 6.45) is 0.939. The number of Topliss-reactive ketones (excluding diaryl/α,β-unsaturated/α-hetero) is 4. The van der Waals surface area contributed by atoms with E-state index in [-0.39, 0.29) is 36.0 Å². The number of hydrogen-bond donors (Lipinski definition) is 0. The maximum atomic E-state index is 11.2. The van der Waals surface area contributed by atoms with Crippen molar-refractivity contribution in [1.82, 2.24) is 0 Å². The van der Waals surface area contributed by atoms with Crippen molar-refractivity contribution < 1.29 is 19.2 Å². The summed E-state index contributed by atoms with van der Waals surface area (Å²) >= 11 is 0. The Morgan fingerprint density at radius 3 is 1.58 bits per heavy atom. The van der Waals surface area contributed by atoms with Gasteiger partial charge in [-0.1, -0.05) is 67.6 Å². The zero-order chi connectivity index (χ0) is 19.4. The van der Waals surface area contributed by atoms with E-state index < -0.39 is 0 Å². The summed E-state index contributed by atoms with van der Waals surface area (Å²) in [7, 11) is 0. The molecule has 0 bridgehead atoms. The lowest BCUT2D eigenvalue weighted by Gasteiger charge is -1.97. The minimum atomic E-state index is -0.297. The molecule has 26 heavy (non-hydrogen) atoms. The van der Waals surface area contributed by atoms with Crippen molar-refractivity contribution in [2.24, 2.45) is 0 Å². The van der Waals surface area contributed by atoms with E-state index in [1.54, 1.807) is 6.92 Å². The fraction of sp³-hybridized carbons (Fsp3) is 0.273. The predicted molar refractivity (Wildman–Crippen MR) is 101 cm³/mol. The quantitative estimate of drug-likeness (QED) is 0.538. The lowest BCUT2D eigenvalue weighted by Crippen LogP contribution is -2.14. The van der Waals surface area contributed by atoms with Crippen molar-refractivity contribution in [3.05, 3.63) is 71.8 Å². The Morgan fingerprint density at radius 2 is 1.15 bits per heavy atom. The highest BCUT2D eigenvalue weighted by Gasteiger charge is 2.10. The molecule has 0 atom stereocenters. The highest BCUT2D eigenvalue weighted by molar-refractivity contribution is 6.37. The van der Waals surface area contributed by atoms with Crippen molar-refractivity contribution in [3.63, 3.8) is 0 Å². The molecule has 2 aromatic rings. The first-order valence-corrected chi connectivity index (χ1v) is 8.57. The normalized spacial score (nSPS) is 9.62. The summed E-state index contributed by atoms with van der Waals surface area (Å²) in [6.45, 7) is 3.13. The molecule has 2 rings (SSSR count). The SMILES string of the molecule is CC(=O)CC(=O)Cc1ccccc1.CCC(=O)C(=O)Cc1ccccc1. The summed E-state index contributed by atoms with van der Waals surface area (Å²) in [5, 5.41) is 0. The van der Waals surface area contributed by atoms with Crippen molar-refractivity contribution >= 4 is 23.1 Å². The van der Waals surface area contributed by atoms with Crippen molar-refractivity contribution in [3.8, 4) is 0 Å². The summed E-state index contributed by atoms with van der Waals surface area (Å²) in [5.41, 5.74) is 1.86. The molecule has 0 spiro atoms. The van der Waals surface area contributed by atoms with Crippen LogP contribution in [0.4, 0.5) is 0 Å². The van der Waals surface area contributed by atoms with Crippen LogP contribution in [0.15, 0.2) is 60.7 Å². The highest BCUT2D eigenvalue weighted by atomic mass is 16.2. The molecule has 136 valence electrons. The molecular weight excluding hydrogens is 328 g/mol. The third-order valence-electron chi connectivity index (χ3n) is 3.53. The monoisotopic (exact) mass is 352 g/mol. The van der Waals surface area contributed by atoms with Crippen LogP contribution in [-0.2, 0) is 32.0 Å². The van der Waals surface area contributed by atoms with Crippen LogP contribution in [0.5, 0.6) is 0 Å². The van der Waals surface area contributed by atoms with Crippen LogP contribution < -0.4 is 0 Å². The Balaban J connectivity index is 0.000000260. The van der Waals surface area contributed by atoms with E-state index in [1.165, 1.54) is 6.92 Å². The molecule has 0 aliphatic carbocycles. The van der Waals surface area contributed by atoms with E-state index in [4.69, 9.17) is 0 Å². The van der Waals surface area contributed by atoms with E-state index in [9.17, 15) is 19.2 Å². The highest BCUT2D eigenvalue weighted by Crippen LogP contribution is 2.02. The second kappa shape index (κ2) is 11.6. The van der Waals surface area contributed by atoms with Gasteiger partial charge in [0.15, 0.2) is 5.78 Å². The fourth-order valence-electron chi connectivity index (χ4n) is 2.24. The maximum absolute atomic E-state index is 11.2. The second-order valence-corrected chi connectivity index (χ2v) is 5.94. The molecule has 0 radical (unpaired) electrons. The van der Waals surface area contributed by atoms with Gasteiger partial charge in [-0.05, 0) is 18.1 Å². The Labute approximate surface area is 154 Å². The topological polar surface area (TPSA) is 68.3 Å². The number of ketones is 4. The number of rotatable bonds is 8. The van der Waals surface area contributed by atoms with Gasteiger partial charge < -0.3 is 0 Å². The molecule has 0 N–H and O–H groups in total. The van der Waals surface area contributed by atoms with Crippen LogP contribution in [-0.4, -0.2) is 23.1 Å². The zero-order valence-corrected chi connectivity index (χ0v) is 15.2. The zero-order valence-electron chi connectivity index (χ0n) is 15.2. The van der Waals surface area contributed by atoms with Gasteiger partial charge in [-0.2, -0.15) is 0 Å². The molecule has 4 heteroatoms. The second-order valence-electron chi connectivity index (χ2n) is 5.94. The van der Waals surface area contributed by atoms with E-state index in [2.05, 4.69) is 0 Å². The molecule has 4 nitrogen and oxygen atoms in total. The number of carbonyl (C=O) groups is 4. The first kappa shape index (κ1) is 21.2. The van der Waals surface area contributed by atoms with Gasteiger partial charge in [0, 0.05) is 19.3 Å². The molecule has 0 saturated heterocycles. The standard InChI is InChI=1S/2C11H12O2/c1-9(12)7-11(13)8-10-5-3-2-4-6-10;1-2-10(12)11(13)8-9-6-4-3-5-7-9/h2-6H,7-8H2,1H3;3-7H,2,8H2,1H3. The third kappa shape index (κ3) is 8.83. The van der Waals surface area contributed by atoms with Gasteiger partial charge >= 0.3 is 0 Å². The average molecular weight is 352 g/mol. The van der Waals surface area contributed by atoms with Crippen molar-refractivity contribution in [2.75, 3.05) is 0 Å². The van der Waals surface area contributed by atoms with Crippen molar-refractivity contribution in [2.45, 2.75) is 39.5 Å². The minimum absolute atomic E-state index is 0.0151. The first-order valence-electron chi connectivity index (χ1n) is 8.57. The molecule has 0 fully saturated rings. The van der Waals surface area contributed by atoms with E-state index in [0.29, 0.717) is 12.8 Å². The third-order valence-corrected chi connectivity index (χ3v) is 3.53. The van der Waals surface area contributed by atoms with Crippen LogP contribution in [0.2, 0.25) is 0 Å². The van der Waals surface area contributed by atoms with Gasteiger partial charge in [0.2, 0.25) is 5.78 Å². The Bertz CT molecular complexity index is 733. The Kier molecular flexibility index (Phi) is 9.47. The smallest absolute Gasteiger partial charge is 0.202 e. The average Bonchev–Trinajstić information content (AvgIpc) is 2.62. The summed E-state index contributed by atoms with van der Waals surface area (Å²) in [4.78, 5) is 44.0. The Morgan fingerprint density at radius 1 is 0.692 bits per heavy atom. The maximum Gasteiger partial charge on any atom is 0.202 e. The van der Waals surface area contributed by atoms with Crippen LogP contribution in [0, 0.1) is 0 Å².